The molecule has 0 aliphatic carbocycles. The average molecular weight is 236 g/mol. The van der Waals surface area contributed by atoms with E-state index >= 15 is 0 Å². The zero-order valence-corrected chi connectivity index (χ0v) is 9.32. The summed E-state index contributed by atoms with van der Waals surface area (Å²) < 4.78 is 0.764. The maximum Gasteiger partial charge on any atom is 0.211 e. The Balaban J connectivity index is 2.31. The Morgan fingerprint density at radius 1 is 1.33 bits per heavy atom. The summed E-state index contributed by atoms with van der Waals surface area (Å²) in [5.41, 5.74) is 2.84. The molecular weight excluding hydrogens is 228 g/mol. The Bertz CT molecular complexity index is 513. The van der Waals surface area contributed by atoms with Gasteiger partial charge in [-0.3, -0.25) is 4.79 Å². The monoisotopic (exact) mass is 236 g/mol. The highest BCUT2D eigenvalue weighted by Gasteiger charge is 1.98. The first-order valence-electron chi connectivity index (χ1n) is 4.28. The summed E-state index contributed by atoms with van der Waals surface area (Å²) >= 11 is 6.51. The molecule has 15 heavy (non-hydrogen) atoms. The smallest absolute Gasteiger partial charge is 0.211 e. The zero-order valence-electron chi connectivity index (χ0n) is 7.69. The molecule has 1 aromatic carbocycles. The molecule has 1 heterocycles. The van der Waals surface area contributed by atoms with Gasteiger partial charge in [-0.15, -0.1) is 11.3 Å². The van der Waals surface area contributed by atoms with Gasteiger partial charge in [0.15, 0.2) is 3.95 Å². The van der Waals surface area contributed by atoms with Crippen LogP contribution in [0.15, 0.2) is 29.6 Å². The van der Waals surface area contributed by atoms with Gasteiger partial charge in [0.05, 0.1) is 5.69 Å². The lowest BCUT2D eigenvalue weighted by Crippen LogP contribution is -1.92. The van der Waals surface area contributed by atoms with Gasteiger partial charge in [-0.2, -0.15) is 0 Å². The van der Waals surface area contributed by atoms with Crippen LogP contribution in [-0.4, -0.2) is 11.4 Å². The van der Waals surface area contributed by atoms with Crippen molar-refractivity contribution in [2.75, 3.05) is 5.32 Å². The second-order valence-electron chi connectivity index (χ2n) is 2.90. The van der Waals surface area contributed by atoms with Gasteiger partial charge in [0.25, 0.3) is 0 Å². The van der Waals surface area contributed by atoms with Crippen molar-refractivity contribution in [1.82, 2.24) is 4.98 Å². The van der Waals surface area contributed by atoms with Gasteiger partial charge in [-0.25, -0.2) is 0 Å². The first-order valence-corrected chi connectivity index (χ1v) is 5.57. The summed E-state index contributed by atoms with van der Waals surface area (Å²) in [7, 11) is 0. The molecule has 76 valence electrons. The van der Waals surface area contributed by atoms with Crippen LogP contribution in [0.4, 0.5) is 5.69 Å². The number of aromatic amines is 1. The summed E-state index contributed by atoms with van der Waals surface area (Å²) in [6.07, 6.45) is 0.660. The normalized spacial score (nSPS) is 9.87. The van der Waals surface area contributed by atoms with Crippen LogP contribution in [0.1, 0.15) is 0 Å². The highest BCUT2D eigenvalue weighted by molar-refractivity contribution is 7.73. The maximum absolute atomic E-state index is 10.2. The minimum absolute atomic E-state index is 0.660. The number of aromatic nitrogens is 1. The van der Waals surface area contributed by atoms with Crippen molar-refractivity contribution in [3.05, 3.63) is 33.6 Å². The number of nitrogens with one attached hydrogen (secondary N) is 2. The maximum atomic E-state index is 10.2. The fraction of sp³-hybridized carbons (Fsp3) is 0. The molecule has 1 amide bonds. The minimum Gasteiger partial charge on any atom is -0.337 e. The number of hydrogen-bond donors (Lipinski definition) is 2. The summed E-state index contributed by atoms with van der Waals surface area (Å²) in [5.74, 6) is 0. The SMILES string of the molecule is O=CNc1ccc(-c2csc(=S)[nH]2)cc1. The van der Waals surface area contributed by atoms with Crippen molar-refractivity contribution in [2.45, 2.75) is 0 Å². The topological polar surface area (TPSA) is 44.9 Å². The molecule has 2 rings (SSSR count). The van der Waals surface area contributed by atoms with E-state index < -0.39 is 0 Å². The third-order valence-corrected chi connectivity index (χ3v) is 3.00. The first kappa shape index (κ1) is 10.1. The molecular formula is C10H8N2OS2. The Labute approximate surface area is 95.8 Å². The number of H-pyrrole nitrogens is 1. The van der Waals surface area contributed by atoms with Gasteiger partial charge in [-0.05, 0) is 29.9 Å². The third-order valence-electron chi connectivity index (χ3n) is 1.94. The van der Waals surface area contributed by atoms with Crippen LogP contribution in [0.25, 0.3) is 11.3 Å². The van der Waals surface area contributed by atoms with Gasteiger partial charge in [-0.1, -0.05) is 12.1 Å². The van der Waals surface area contributed by atoms with Crippen LogP contribution in [0.3, 0.4) is 0 Å². The summed E-state index contributed by atoms with van der Waals surface area (Å²) in [6.45, 7) is 0. The van der Waals surface area contributed by atoms with Crippen molar-refractivity contribution in [3.8, 4) is 11.3 Å². The van der Waals surface area contributed by atoms with Gasteiger partial charge in [0.2, 0.25) is 6.41 Å². The van der Waals surface area contributed by atoms with Crippen molar-refractivity contribution in [2.24, 2.45) is 0 Å². The number of thiazole rings is 1. The third kappa shape index (κ3) is 2.31. The molecule has 2 aromatic rings. The number of carbonyl (C=O) groups excluding carboxylic acids is 1. The zero-order chi connectivity index (χ0) is 10.7. The van der Waals surface area contributed by atoms with Gasteiger partial charge in [0, 0.05) is 11.1 Å². The largest absolute Gasteiger partial charge is 0.337 e. The van der Waals surface area contributed by atoms with Crippen LogP contribution < -0.4 is 5.32 Å². The van der Waals surface area contributed by atoms with E-state index in [0.29, 0.717) is 6.41 Å². The van der Waals surface area contributed by atoms with Gasteiger partial charge in [0.1, 0.15) is 0 Å². The Kier molecular flexibility index (Phi) is 2.94. The van der Waals surface area contributed by atoms with Crippen LogP contribution in [0.5, 0.6) is 0 Å². The number of hydrogen-bond acceptors (Lipinski definition) is 3. The second kappa shape index (κ2) is 4.37. The molecule has 0 unspecified atom stereocenters. The van der Waals surface area contributed by atoms with Gasteiger partial charge >= 0.3 is 0 Å². The standard InChI is InChI=1S/C10H8N2OS2/c13-6-11-8-3-1-7(2-4-8)9-5-15-10(14)12-9/h1-6H,(H,11,13)(H,12,14). The van der Waals surface area contributed by atoms with E-state index in [4.69, 9.17) is 12.2 Å². The van der Waals surface area contributed by atoms with Gasteiger partial charge < -0.3 is 10.3 Å². The fourth-order valence-electron chi connectivity index (χ4n) is 1.24. The second-order valence-corrected chi connectivity index (χ2v) is 4.45. The van der Waals surface area contributed by atoms with Crippen molar-refractivity contribution in [3.63, 3.8) is 0 Å². The van der Waals surface area contributed by atoms with E-state index in [1.54, 1.807) is 0 Å². The predicted octanol–water partition coefficient (Wildman–Crippen LogP) is 3.04. The molecule has 0 aliphatic heterocycles. The highest BCUT2D eigenvalue weighted by Crippen LogP contribution is 2.21. The predicted molar refractivity (Wildman–Crippen MR) is 64.6 cm³/mol. The number of rotatable bonds is 3. The van der Waals surface area contributed by atoms with Crippen LogP contribution in [0, 0.1) is 3.95 Å². The number of amides is 1. The van der Waals surface area contributed by atoms with Crippen molar-refractivity contribution < 1.29 is 4.79 Å². The summed E-state index contributed by atoms with van der Waals surface area (Å²) in [6, 6.07) is 7.55. The highest BCUT2D eigenvalue weighted by atomic mass is 32.1. The van der Waals surface area contributed by atoms with Crippen molar-refractivity contribution >= 4 is 35.7 Å². The molecule has 0 atom stereocenters. The van der Waals surface area contributed by atoms with Crippen molar-refractivity contribution in [1.29, 1.82) is 0 Å². The molecule has 5 heteroatoms. The molecule has 2 N–H and O–H groups in total. The van der Waals surface area contributed by atoms with E-state index in [2.05, 4.69) is 10.3 Å². The lowest BCUT2D eigenvalue weighted by Gasteiger charge is -2.00. The van der Waals surface area contributed by atoms with E-state index in [-0.39, 0.29) is 0 Å². The Morgan fingerprint density at radius 3 is 2.60 bits per heavy atom. The van der Waals surface area contributed by atoms with Crippen LogP contribution in [0.2, 0.25) is 0 Å². The molecule has 0 aliphatic rings. The molecule has 0 fully saturated rings. The summed E-state index contributed by atoms with van der Waals surface area (Å²) in [5, 5.41) is 4.56. The molecule has 1 aromatic heterocycles. The van der Waals surface area contributed by atoms with Crippen LogP contribution in [-0.2, 0) is 4.79 Å². The van der Waals surface area contributed by atoms with E-state index in [9.17, 15) is 4.79 Å². The fourth-order valence-corrected chi connectivity index (χ4v) is 2.08. The summed E-state index contributed by atoms with van der Waals surface area (Å²) in [4.78, 5) is 13.3. The quantitative estimate of drug-likeness (QED) is 0.635. The molecule has 0 saturated carbocycles. The number of carbonyl (C=O) groups is 1. The van der Waals surface area contributed by atoms with E-state index in [1.807, 2.05) is 29.6 Å². The first-order chi connectivity index (χ1) is 7.29. The number of benzene rings is 1. The lowest BCUT2D eigenvalue weighted by molar-refractivity contribution is -0.105. The lowest BCUT2D eigenvalue weighted by atomic mass is 10.1. The van der Waals surface area contributed by atoms with E-state index in [0.717, 1.165) is 20.9 Å². The Morgan fingerprint density at radius 2 is 2.07 bits per heavy atom. The molecule has 0 saturated heterocycles. The Hall–Kier alpha value is -1.46. The van der Waals surface area contributed by atoms with Crippen LogP contribution >= 0.6 is 23.6 Å². The molecule has 0 bridgehead atoms. The molecule has 0 radical (unpaired) electrons. The number of anilines is 1. The molecule has 3 nitrogen and oxygen atoms in total. The average Bonchev–Trinajstić information content (AvgIpc) is 2.67. The minimum atomic E-state index is 0.660. The molecule has 0 spiro atoms. The van der Waals surface area contributed by atoms with E-state index in [1.165, 1.54) is 11.3 Å².